The number of fused-ring (bicyclic) bond motifs is 1. The summed E-state index contributed by atoms with van der Waals surface area (Å²) in [7, 11) is 1.53. The minimum atomic E-state index is -0.564. The minimum Gasteiger partial charge on any atom is -0.368 e. The molecule has 0 bridgehead atoms. The van der Waals surface area contributed by atoms with Crippen molar-refractivity contribution in [2.24, 2.45) is 12.8 Å². The van der Waals surface area contributed by atoms with Crippen LogP contribution >= 0.6 is 0 Å². The van der Waals surface area contributed by atoms with Gasteiger partial charge >= 0.3 is 5.69 Å². The zero-order chi connectivity index (χ0) is 15.9. The molecule has 0 saturated carbocycles. The molecule has 2 aromatic heterocycles. The third-order valence-electron chi connectivity index (χ3n) is 3.94. The van der Waals surface area contributed by atoms with Crippen molar-refractivity contribution in [3.05, 3.63) is 20.8 Å². The Bertz CT molecular complexity index is 840. The summed E-state index contributed by atoms with van der Waals surface area (Å²) in [5.41, 5.74) is 4.66. The largest absolute Gasteiger partial charge is 0.368 e. The zero-order valence-corrected chi connectivity index (χ0v) is 12.3. The molecule has 1 aliphatic heterocycles. The average Bonchev–Trinajstić information content (AvgIpc) is 2.85. The van der Waals surface area contributed by atoms with E-state index in [1.807, 2.05) is 4.90 Å². The molecule has 0 aromatic carbocycles. The maximum atomic E-state index is 12.1. The molecule has 3 rings (SSSR count). The molecular formula is C13H18N6O3. The number of hydrogen-bond acceptors (Lipinski definition) is 5. The van der Waals surface area contributed by atoms with Gasteiger partial charge in [-0.25, -0.2) is 4.79 Å². The molecule has 0 spiro atoms. The molecule has 118 valence electrons. The van der Waals surface area contributed by atoms with Gasteiger partial charge in [0.15, 0.2) is 11.2 Å². The number of primary amides is 1. The summed E-state index contributed by atoms with van der Waals surface area (Å²) in [6, 6.07) is 0. The predicted octanol–water partition coefficient (Wildman–Crippen LogP) is -1.10. The van der Waals surface area contributed by atoms with Gasteiger partial charge in [-0.1, -0.05) is 0 Å². The van der Waals surface area contributed by atoms with E-state index in [1.54, 1.807) is 0 Å². The number of nitrogens with zero attached hydrogens (tertiary/aromatic N) is 4. The standard InChI is InChI=1S/C13H18N6O3/c1-17-10-9(11(21)16-13(17)22)19(7-8(14)20)12(15-10)18-5-3-2-4-6-18/h2-7H2,1H3,(H2,14,20)(H,16,21,22). The quantitative estimate of drug-likeness (QED) is 0.746. The van der Waals surface area contributed by atoms with Crippen LogP contribution in [-0.4, -0.2) is 38.1 Å². The lowest BCUT2D eigenvalue weighted by atomic mass is 10.1. The summed E-state index contributed by atoms with van der Waals surface area (Å²) in [4.78, 5) is 43.9. The number of nitrogens with two attached hydrogens (primary N) is 1. The molecule has 1 amide bonds. The molecule has 0 unspecified atom stereocenters. The Morgan fingerprint density at radius 1 is 1.27 bits per heavy atom. The monoisotopic (exact) mass is 306 g/mol. The summed E-state index contributed by atoms with van der Waals surface area (Å²) in [5.74, 6) is -0.0500. The van der Waals surface area contributed by atoms with E-state index in [2.05, 4.69) is 9.97 Å². The number of anilines is 1. The molecule has 3 heterocycles. The van der Waals surface area contributed by atoms with Crippen molar-refractivity contribution in [3.63, 3.8) is 0 Å². The number of carbonyl (C=O) groups excluding carboxylic acids is 1. The topological polar surface area (TPSA) is 119 Å². The van der Waals surface area contributed by atoms with Crippen LogP contribution in [0, 0.1) is 0 Å². The summed E-state index contributed by atoms with van der Waals surface area (Å²) < 4.78 is 2.77. The average molecular weight is 306 g/mol. The van der Waals surface area contributed by atoms with Gasteiger partial charge in [-0.05, 0) is 19.3 Å². The fraction of sp³-hybridized carbons (Fsp3) is 0.538. The van der Waals surface area contributed by atoms with Crippen molar-refractivity contribution in [3.8, 4) is 0 Å². The fourth-order valence-corrected chi connectivity index (χ4v) is 2.86. The lowest BCUT2D eigenvalue weighted by Gasteiger charge is -2.27. The lowest BCUT2D eigenvalue weighted by Crippen LogP contribution is -2.34. The molecule has 1 saturated heterocycles. The minimum absolute atomic E-state index is 0.149. The third kappa shape index (κ3) is 2.28. The van der Waals surface area contributed by atoms with E-state index in [0.29, 0.717) is 5.95 Å². The maximum Gasteiger partial charge on any atom is 0.329 e. The Kier molecular flexibility index (Phi) is 3.47. The summed E-state index contributed by atoms with van der Waals surface area (Å²) >= 11 is 0. The molecular weight excluding hydrogens is 288 g/mol. The molecule has 22 heavy (non-hydrogen) atoms. The third-order valence-corrected chi connectivity index (χ3v) is 3.94. The molecule has 3 N–H and O–H groups in total. The number of hydrogen-bond donors (Lipinski definition) is 2. The first-order chi connectivity index (χ1) is 10.5. The second kappa shape index (κ2) is 5.32. The SMILES string of the molecule is Cn1c(=O)[nH]c(=O)c2c1nc(N1CCCCC1)n2CC(N)=O. The number of rotatable bonds is 3. The predicted molar refractivity (Wildman–Crippen MR) is 80.9 cm³/mol. The fourth-order valence-electron chi connectivity index (χ4n) is 2.86. The van der Waals surface area contributed by atoms with Gasteiger partial charge < -0.3 is 10.6 Å². The van der Waals surface area contributed by atoms with Crippen molar-refractivity contribution < 1.29 is 4.79 Å². The lowest BCUT2D eigenvalue weighted by molar-refractivity contribution is -0.118. The van der Waals surface area contributed by atoms with Crippen LogP contribution in [0.5, 0.6) is 0 Å². The highest BCUT2D eigenvalue weighted by Crippen LogP contribution is 2.22. The van der Waals surface area contributed by atoms with Crippen LogP contribution in [0.15, 0.2) is 9.59 Å². The number of aryl methyl sites for hydroxylation is 1. The molecule has 9 heteroatoms. The van der Waals surface area contributed by atoms with Crippen LogP contribution in [0.3, 0.4) is 0 Å². The Labute approximate surface area is 125 Å². The molecule has 2 aromatic rings. The Morgan fingerprint density at radius 2 is 1.95 bits per heavy atom. The first kappa shape index (κ1) is 14.4. The van der Waals surface area contributed by atoms with Gasteiger partial charge in [0.1, 0.15) is 6.54 Å². The Balaban J connectivity index is 2.28. The second-order valence-electron chi connectivity index (χ2n) is 5.50. The number of carbonyl (C=O) groups is 1. The van der Waals surface area contributed by atoms with E-state index >= 15 is 0 Å². The van der Waals surface area contributed by atoms with Gasteiger partial charge in [-0.2, -0.15) is 4.98 Å². The van der Waals surface area contributed by atoms with Gasteiger partial charge in [-0.3, -0.25) is 23.7 Å². The normalized spacial score (nSPS) is 15.4. The second-order valence-corrected chi connectivity index (χ2v) is 5.50. The summed E-state index contributed by atoms with van der Waals surface area (Å²) in [5, 5.41) is 0. The number of piperidine rings is 1. The van der Waals surface area contributed by atoms with Gasteiger partial charge in [0, 0.05) is 20.1 Å². The van der Waals surface area contributed by atoms with Crippen LogP contribution < -0.4 is 21.9 Å². The Morgan fingerprint density at radius 3 is 2.59 bits per heavy atom. The zero-order valence-electron chi connectivity index (χ0n) is 12.3. The number of aromatic amines is 1. The van der Waals surface area contributed by atoms with Crippen LogP contribution in [-0.2, 0) is 18.4 Å². The molecule has 0 aliphatic carbocycles. The highest BCUT2D eigenvalue weighted by molar-refractivity contribution is 5.80. The van der Waals surface area contributed by atoms with Crippen LogP contribution in [0.2, 0.25) is 0 Å². The number of H-pyrrole nitrogens is 1. The van der Waals surface area contributed by atoms with Crippen molar-refractivity contribution in [2.75, 3.05) is 18.0 Å². The highest BCUT2D eigenvalue weighted by Gasteiger charge is 2.23. The van der Waals surface area contributed by atoms with Gasteiger partial charge in [0.25, 0.3) is 5.56 Å². The smallest absolute Gasteiger partial charge is 0.329 e. The van der Waals surface area contributed by atoms with Crippen molar-refractivity contribution in [2.45, 2.75) is 25.8 Å². The van der Waals surface area contributed by atoms with Crippen molar-refractivity contribution in [1.82, 2.24) is 19.1 Å². The number of nitrogens with one attached hydrogen (secondary N) is 1. The van der Waals surface area contributed by atoms with Crippen LogP contribution in [0.25, 0.3) is 11.2 Å². The molecule has 0 radical (unpaired) electrons. The van der Waals surface area contributed by atoms with E-state index in [9.17, 15) is 14.4 Å². The van der Waals surface area contributed by atoms with Crippen LogP contribution in [0.4, 0.5) is 5.95 Å². The van der Waals surface area contributed by atoms with Gasteiger partial charge in [0.2, 0.25) is 11.9 Å². The van der Waals surface area contributed by atoms with Crippen molar-refractivity contribution >= 4 is 23.0 Å². The highest BCUT2D eigenvalue weighted by atomic mass is 16.2. The van der Waals surface area contributed by atoms with E-state index < -0.39 is 17.2 Å². The van der Waals surface area contributed by atoms with E-state index in [0.717, 1.165) is 32.4 Å². The summed E-state index contributed by atoms with van der Waals surface area (Å²) in [6.45, 7) is 1.45. The molecule has 9 nitrogen and oxygen atoms in total. The molecule has 0 atom stereocenters. The van der Waals surface area contributed by atoms with Gasteiger partial charge in [-0.15, -0.1) is 0 Å². The van der Waals surface area contributed by atoms with Crippen molar-refractivity contribution in [1.29, 1.82) is 0 Å². The first-order valence-electron chi connectivity index (χ1n) is 7.22. The van der Waals surface area contributed by atoms with E-state index in [-0.39, 0.29) is 17.7 Å². The molecule has 1 fully saturated rings. The number of imidazole rings is 1. The number of aromatic nitrogens is 4. The van der Waals surface area contributed by atoms with Crippen LogP contribution in [0.1, 0.15) is 19.3 Å². The van der Waals surface area contributed by atoms with E-state index in [1.165, 1.54) is 16.2 Å². The number of amides is 1. The Hall–Kier alpha value is -2.58. The summed E-state index contributed by atoms with van der Waals surface area (Å²) in [6.07, 6.45) is 3.19. The maximum absolute atomic E-state index is 12.1. The first-order valence-corrected chi connectivity index (χ1v) is 7.22. The van der Waals surface area contributed by atoms with Gasteiger partial charge in [0.05, 0.1) is 0 Å². The molecule has 1 aliphatic rings. The van der Waals surface area contributed by atoms with E-state index in [4.69, 9.17) is 5.73 Å².